The molecule has 1 aromatic rings. The second-order valence-electron chi connectivity index (χ2n) is 8.00. The Kier molecular flexibility index (Phi) is 6.27. The summed E-state index contributed by atoms with van der Waals surface area (Å²) in [7, 11) is 0. The Morgan fingerprint density at radius 3 is 2.62 bits per heavy atom. The van der Waals surface area contributed by atoms with Crippen molar-refractivity contribution in [3.63, 3.8) is 0 Å². The second kappa shape index (κ2) is 8.73. The van der Waals surface area contributed by atoms with Gasteiger partial charge in [0.2, 0.25) is 5.91 Å². The van der Waals surface area contributed by atoms with Crippen LogP contribution in [0, 0.1) is 17.8 Å². The van der Waals surface area contributed by atoms with E-state index in [-0.39, 0.29) is 11.7 Å². The van der Waals surface area contributed by atoms with E-state index in [0.29, 0.717) is 30.8 Å². The summed E-state index contributed by atoms with van der Waals surface area (Å²) >= 11 is 1.90. The number of hydrogen-bond acceptors (Lipinski definition) is 5. The van der Waals surface area contributed by atoms with Gasteiger partial charge in [-0.25, -0.2) is 0 Å². The highest BCUT2D eigenvalue weighted by atomic mass is 32.2. The summed E-state index contributed by atoms with van der Waals surface area (Å²) in [5.41, 5.74) is 0.768. The zero-order valence-electron chi connectivity index (χ0n) is 16.2. The van der Waals surface area contributed by atoms with E-state index in [1.807, 2.05) is 16.7 Å². The monoisotopic (exact) mass is 429 g/mol. The van der Waals surface area contributed by atoms with Crippen LogP contribution in [0.4, 0.5) is 13.2 Å². The largest absolute Gasteiger partial charge is 0.573 e. The van der Waals surface area contributed by atoms with E-state index in [9.17, 15) is 18.0 Å². The van der Waals surface area contributed by atoms with Gasteiger partial charge in [0.05, 0.1) is 6.54 Å². The lowest BCUT2D eigenvalue weighted by atomic mass is 10.2. The Balaban J connectivity index is 1.15. The Labute approximate surface area is 172 Å². The molecule has 2 aliphatic heterocycles. The number of nitrogens with one attached hydrogen (secondary N) is 1. The third kappa shape index (κ3) is 5.58. The lowest BCUT2D eigenvalue weighted by Crippen LogP contribution is -2.44. The highest BCUT2D eigenvalue weighted by Gasteiger charge is 2.55. The van der Waals surface area contributed by atoms with Gasteiger partial charge in [0.1, 0.15) is 5.75 Å². The number of ether oxygens (including phenoxy) is 1. The number of carbonyl (C=O) groups is 1. The normalized spacial score (nSPS) is 27.0. The van der Waals surface area contributed by atoms with Crippen molar-refractivity contribution in [3.05, 3.63) is 29.8 Å². The van der Waals surface area contributed by atoms with Crippen molar-refractivity contribution in [1.82, 2.24) is 15.1 Å². The maximum absolute atomic E-state index is 12.4. The first-order chi connectivity index (χ1) is 13.9. The molecule has 2 atom stereocenters. The average molecular weight is 430 g/mol. The standard InChI is InChI=1S/C20H26F3N3O2S/c21-20(22,23)28-15-3-1-2-14(8-15)9-24-10-16-17-11-25(12-18(16)17)13-19(27)26-4-6-29-7-5-26/h1-3,8,16-18,24H,4-7,9-13H2. The third-order valence-electron chi connectivity index (χ3n) is 6.01. The van der Waals surface area contributed by atoms with E-state index in [0.717, 1.165) is 49.8 Å². The third-order valence-corrected chi connectivity index (χ3v) is 6.95. The van der Waals surface area contributed by atoms with Gasteiger partial charge < -0.3 is 15.0 Å². The molecule has 1 saturated carbocycles. The van der Waals surface area contributed by atoms with Gasteiger partial charge in [-0.1, -0.05) is 12.1 Å². The molecule has 2 saturated heterocycles. The number of nitrogens with zero attached hydrogens (tertiary/aromatic N) is 2. The number of benzene rings is 1. The number of rotatable bonds is 7. The van der Waals surface area contributed by atoms with Gasteiger partial charge in [0.15, 0.2) is 0 Å². The van der Waals surface area contributed by atoms with Crippen LogP contribution in [0.2, 0.25) is 0 Å². The predicted molar refractivity (Wildman–Crippen MR) is 106 cm³/mol. The van der Waals surface area contributed by atoms with Crippen LogP contribution >= 0.6 is 11.8 Å². The molecule has 2 heterocycles. The number of halogens is 3. The van der Waals surface area contributed by atoms with E-state index >= 15 is 0 Å². The maximum atomic E-state index is 12.4. The molecule has 3 aliphatic rings. The van der Waals surface area contributed by atoms with Gasteiger partial charge in [-0.15, -0.1) is 13.2 Å². The first-order valence-electron chi connectivity index (χ1n) is 10.0. The van der Waals surface area contributed by atoms with Crippen LogP contribution in [0.3, 0.4) is 0 Å². The summed E-state index contributed by atoms with van der Waals surface area (Å²) in [6.45, 7) is 5.58. The Bertz CT molecular complexity index is 715. The number of alkyl halides is 3. The fourth-order valence-corrected chi connectivity index (χ4v) is 5.41. The van der Waals surface area contributed by atoms with Crippen molar-refractivity contribution >= 4 is 17.7 Å². The molecular formula is C20H26F3N3O2S. The van der Waals surface area contributed by atoms with E-state index in [1.54, 1.807) is 12.1 Å². The molecule has 9 heteroatoms. The summed E-state index contributed by atoms with van der Waals surface area (Å²) in [6.07, 6.45) is -4.67. The average Bonchev–Trinajstić information content (AvgIpc) is 3.12. The number of fused-ring (bicyclic) bond motifs is 1. The minimum absolute atomic E-state index is 0.187. The van der Waals surface area contributed by atoms with Gasteiger partial charge in [-0.2, -0.15) is 11.8 Å². The van der Waals surface area contributed by atoms with Crippen LogP contribution in [-0.4, -0.2) is 72.8 Å². The molecule has 2 unspecified atom stereocenters. The number of hydrogen-bond donors (Lipinski definition) is 1. The second-order valence-corrected chi connectivity index (χ2v) is 9.23. The molecule has 1 N–H and O–H groups in total. The minimum atomic E-state index is -4.67. The van der Waals surface area contributed by atoms with Crippen LogP contribution in [0.15, 0.2) is 24.3 Å². The van der Waals surface area contributed by atoms with Crippen molar-refractivity contribution in [2.45, 2.75) is 12.9 Å². The quantitative estimate of drug-likeness (QED) is 0.721. The summed E-state index contributed by atoms with van der Waals surface area (Å²) in [6, 6.07) is 6.08. The van der Waals surface area contributed by atoms with Crippen molar-refractivity contribution < 1.29 is 22.7 Å². The van der Waals surface area contributed by atoms with Crippen LogP contribution in [0.1, 0.15) is 5.56 Å². The molecule has 0 aromatic heterocycles. The van der Waals surface area contributed by atoms with Gasteiger partial charge in [-0.05, 0) is 42.0 Å². The van der Waals surface area contributed by atoms with E-state index in [4.69, 9.17) is 0 Å². The SMILES string of the molecule is O=C(CN1CC2C(CNCc3cccc(OC(F)(F)F)c3)C2C1)N1CCSCC1. The molecule has 1 amide bonds. The Morgan fingerprint density at radius 2 is 1.93 bits per heavy atom. The molecule has 29 heavy (non-hydrogen) atoms. The molecule has 160 valence electrons. The zero-order valence-corrected chi connectivity index (χ0v) is 17.0. The van der Waals surface area contributed by atoms with Crippen LogP contribution in [0.25, 0.3) is 0 Å². The molecule has 3 fully saturated rings. The smallest absolute Gasteiger partial charge is 0.406 e. The minimum Gasteiger partial charge on any atom is -0.406 e. The predicted octanol–water partition coefficient (Wildman–Crippen LogP) is 2.43. The molecule has 4 rings (SSSR count). The number of likely N-dealkylation sites (tertiary alicyclic amines) is 1. The summed E-state index contributed by atoms with van der Waals surface area (Å²) in [5.74, 6) is 4.00. The first kappa shape index (κ1) is 20.8. The molecular weight excluding hydrogens is 403 g/mol. The molecule has 0 spiro atoms. The topological polar surface area (TPSA) is 44.8 Å². The highest BCUT2D eigenvalue weighted by molar-refractivity contribution is 7.99. The van der Waals surface area contributed by atoms with E-state index < -0.39 is 6.36 Å². The van der Waals surface area contributed by atoms with Gasteiger partial charge in [0, 0.05) is 44.2 Å². The van der Waals surface area contributed by atoms with E-state index in [1.165, 1.54) is 12.1 Å². The lowest BCUT2D eigenvalue weighted by Gasteiger charge is -2.29. The molecule has 0 bridgehead atoms. The molecule has 1 aliphatic carbocycles. The van der Waals surface area contributed by atoms with E-state index in [2.05, 4.69) is 15.0 Å². The summed E-state index contributed by atoms with van der Waals surface area (Å²) in [4.78, 5) is 16.6. The van der Waals surface area contributed by atoms with Crippen molar-refractivity contribution in [3.8, 4) is 5.75 Å². The Morgan fingerprint density at radius 1 is 1.21 bits per heavy atom. The van der Waals surface area contributed by atoms with Crippen LogP contribution in [0.5, 0.6) is 5.75 Å². The molecule has 5 nitrogen and oxygen atoms in total. The highest BCUT2D eigenvalue weighted by Crippen LogP contribution is 2.51. The lowest BCUT2D eigenvalue weighted by molar-refractivity contribution is -0.274. The van der Waals surface area contributed by atoms with Gasteiger partial charge in [-0.3, -0.25) is 9.69 Å². The number of amides is 1. The summed E-state index contributed by atoms with van der Waals surface area (Å²) < 4.78 is 40.9. The zero-order chi connectivity index (χ0) is 20.4. The van der Waals surface area contributed by atoms with Gasteiger partial charge >= 0.3 is 6.36 Å². The summed E-state index contributed by atoms with van der Waals surface area (Å²) in [5, 5.41) is 3.36. The fraction of sp³-hybridized carbons (Fsp3) is 0.650. The van der Waals surface area contributed by atoms with Crippen LogP contribution < -0.4 is 10.1 Å². The van der Waals surface area contributed by atoms with Gasteiger partial charge in [0.25, 0.3) is 0 Å². The number of piperidine rings is 1. The van der Waals surface area contributed by atoms with Crippen molar-refractivity contribution in [1.29, 1.82) is 0 Å². The number of thioether (sulfide) groups is 1. The first-order valence-corrected chi connectivity index (χ1v) is 11.2. The van der Waals surface area contributed by atoms with Crippen LogP contribution in [-0.2, 0) is 11.3 Å². The van der Waals surface area contributed by atoms with Crippen molar-refractivity contribution in [2.75, 3.05) is 50.8 Å². The molecule has 0 radical (unpaired) electrons. The van der Waals surface area contributed by atoms with Crippen molar-refractivity contribution in [2.24, 2.45) is 17.8 Å². The fourth-order valence-electron chi connectivity index (χ4n) is 4.51. The Hall–Kier alpha value is -1.45. The molecule has 1 aromatic carbocycles. The number of carbonyl (C=O) groups excluding carboxylic acids is 1. The maximum Gasteiger partial charge on any atom is 0.573 e.